The molecule has 7 nitrogen and oxygen atoms in total. The van der Waals surface area contributed by atoms with Crippen molar-refractivity contribution in [1.82, 2.24) is 16.0 Å². The highest BCUT2D eigenvalue weighted by molar-refractivity contribution is 5.81. The first-order chi connectivity index (χ1) is 14.0. The molecule has 0 spiro atoms. The fourth-order valence-corrected chi connectivity index (χ4v) is 2.70. The van der Waals surface area contributed by atoms with E-state index in [9.17, 15) is 4.79 Å². The third-order valence-electron chi connectivity index (χ3n) is 4.43. The number of aliphatic imine (C=N–C) groups is 1. The van der Waals surface area contributed by atoms with Crippen molar-refractivity contribution in [3.63, 3.8) is 0 Å². The number of guanidine groups is 1. The van der Waals surface area contributed by atoms with Crippen LogP contribution in [-0.4, -0.2) is 51.3 Å². The van der Waals surface area contributed by atoms with Gasteiger partial charge >= 0.3 is 0 Å². The number of ether oxygens (including phenoxy) is 2. The van der Waals surface area contributed by atoms with Crippen LogP contribution >= 0.6 is 0 Å². The summed E-state index contributed by atoms with van der Waals surface area (Å²) >= 11 is 0. The molecule has 1 aromatic rings. The SMILES string of the molecule is CCNC(=NCCCc1ccc(OC)c(OCC)c1)NCCC(=O)NC(C)CC. The van der Waals surface area contributed by atoms with Gasteiger partial charge in [-0.25, -0.2) is 0 Å². The number of carbonyl (C=O) groups excluding carboxylic acids is 1. The summed E-state index contributed by atoms with van der Waals surface area (Å²) in [4.78, 5) is 16.5. The predicted octanol–water partition coefficient (Wildman–Crippen LogP) is 2.89. The lowest BCUT2D eigenvalue weighted by Gasteiger charge is -2.13. The van der Waals surface area contributed by atoms with Crippen molar-refractivity contribution in [1.29, 1.82) is 0 Å². The molecule has 164 valence electrons. The minimum absolute atomic E-state index is 0.0623. The molecular weight excluding hydrogens is 368 g/mol. The summed E-state index contributed by atoms with van der Waals surface area (Å²) in [6.45, 7) is 10.7. The Morgan fingerprint density at radius 3 is 2.62 bits per heavy atom. The number of hydrogen-bond acceptors (Lipinski definition) is 4. The Hall–Kier alpha value is -2.44. The maximum Gasteiger partial charge on any atom is 0.221 e. The number of hydrogen-bond donors (Lipinski definition) is 3. The standard InChI is InChI=1S/C22H38N4O3/c1-6-17(4)26-21(27)13-15-25-22(23-7-2)24-14-9-10-18-11-12-19(28-5)20(16-18)29-8-3/h11-12,16-17H,6-10,13-15H2,1-5H3,(H,26,27)(H2,23,24,25). The highest BCUT2D eigenvalue weighted by atomic mass is 16.5. The molecule has 1 amide bonds. The average Bonchev–Trinajstić information content (AvgIpc) is 2.71. The molecule has 0 aliphatic heterocycles. The van der Waals surface area contributed by atoms with Crippen LogP contribution in [0.4, 0.5) is 0 Å². The van der Waals surface area contributed by atoms with E-state index in [2.05, 4.69) is 33.9 Å². The molecule has 0 fully saturated rings. The number of carbonyl (C=O) groups is 1. The zero-order valence-electron chi connectivity index (χ0n) is 18.6. The topological polar surface area (TPSA) is 84.0 Å². The van der Waals surface area contributed by atoms with Crippen molar-refractivity contribution in [3.05, 3.63) is 23.8 Å². The molecule has 0 heterocycles. The number of methoxy groups -OCH3 is 1. The summed E-state index contributed by atoms with van der Waals surface area (Å²) in [5.74, 6) is 2.34. The molecule has 0 saturated carbocycles. The molecule has 0 aliphatic carbocycles. The van der Waals surface area contributed by atoms with Crippen LogP contribution < -0.4 is 25.4 Å². The minimum atomic E-state index is 0.0623. The maximum atomic E-state index is 11.9. The highest BCUT2D eigenvalue weighted by Crippen LogP contribution is 2.28. The van der Waals surface area contributed by atoms with Gasteiger partial charge in [0.2, 0.25) is 5.91 Å². The molecule has 0 aliphatic rings. The normalized spacial score (nSPS) is 12.2. The van der Waals surface area contributed by atoms with Gasteiger partial charge in [0.1, 0.15) is 0 Å². The summed E-state index contributed by atoms with van der Waals surface area (Å²) < 4.78 is 11.0. The van der Waals surface area contributed by atoms with Crippen LogP contribution in [0.15, 0.2) is 23.2 Å². The van der Waals surface area contributed by atoms with Gasteiger partial charge < -0.3 is 25.4 Å². The van der Waals surface area contributed by atoms with Crippen molar-refractivity contribution < 1.29 is 14.3 Å². The maximum absolute atomic E-state index is 11.9. The van der Waals surface area contributed by atoms with E-state index in [1.54, 1.807) is 7.11 Å². The van der Waals surface area contributed by atoms with Crippen LogP contribution in [0, 0.1) is 0 Å². The van der Waals surface area contributed by atoms with Crippen LogP contribution in [0.2, 0.25) is 0 Å². The van der Waals surface area contributed by atoms with E-state index >= 15 is 0 Å². The van der Waals surface area contributed by atoms with Crippen LogP contribution in [0.3, 0.4) is 0 Å². The highest BCUT2D eigenvalue weighted by Gasteiger charge is 2.07. The first-order valence-corrected chi connectivity index (χ1v) is 10.6. The van der Waals surface area contributed by atoms with Gasteiger partial charge in [-0.3, -0.25) is 9.79 Å². The van der Waals surface area contributed by atoms with Gasteiger partial charge in [0, 0.05) is 32.1 Å². The second kappa shape index (κ2) is 14.5. The first kappa shape index (κ1) is 24.6. The van der Waals surface area contributed by atoms with E-state index in [0.29, 0.717) is 26.1 Å². The number of rotatable bonds is 13. The summed E-state index contributed by atoms with van der Waals surface area (Å²) in [7, 11) is 1.65. The predicted molar refractivity (Wildman–Crippen MR) is 119 cm³/mol. The number of benzene rings is 1. The second-order valence-electron chi connectivity index (χ2n) is 6.84. The first-order valence-electron chi connectivity index (χ1n) is 10.6. The van der Waals surface area contributed by atoms with E-state index in [1.165, 1.54) is 5.56 Å². The minimum Gasteiger partial charge on any atom is -0.493 e. The number of aryl methyl sites for hydroxylation is 1. The average molecular weight is 407 g/mol. The Morgan fingerprint density at radius 1 is 1.17 bits per heavy atom. The molecule has 1 rings (SSSR count). The molecule has 29 heavy (non-hydrogen) atoms. The lowest BCUT2D eigenvalue weighted by atomic mass is 10.1. The number of nitrogens with one attached hydrogen (secondary N) is 3. The molecule has 0 saturated heterocycles. The molecule has 3 N–H and O–H groups in total. The Bertz CT molecular complexity index is 634. The van der Waals surface area contributed by atoms with Crippen molar-refractivity contribution in [2.45, 2.75) is 59.4 Å². The van der Waals surface area contributed by atoms with Gasteiger partial charge in [-0.1, -0.05) is 13.0 Å². The van der Waals surface area contributed by atoms with E-state index in [4.69, 9.17) is 9.47 Å². The summed E-state index contributed by atoms with van der Waals surface area (Å²) in [5, 5.41) is 9.41. The monoisotopic (exact) mass is 406 g/mol. The Kier molecular flexibility index (Phi) is 12.3. The Labute approximate surface area is 175 Å². The van der Waals surface area contributed by atoms with Crippen LogP contribution in [0.1, 0.15) is 52.5 Å². The van der Waals surface area contributed by atoms with E-state index in [-0.39, 0.29) is 11.9 Å². The molecule has 0 radical (unpaired) electrons. The van der Waals surface area contributed by atoms with Crippen molar-refractivity contribution in [3.8, 4) is 11.5 Å². The van der Waals surface area contributed by atoms with Crippen LogP contribution in [0.5, 0.6) is 11.5 Å². The smallest absolute Gasteiger partial charge is 0.221 e. The van der Waals surface area contributed by atoms with Gasteiger partial charge in [0.05, 0.1) is 13.7 Å². The van der Waals surface area contributed by atoms with Crippen molar-refractivity contribution >= 4 is 11.9 Å². The van der Waals surface area contributed by atoms with Gasteiger partial charge in [0.15, 0.2) is 17.5 Å². The third kappa shape index (κ3) is 10.1. The Balaban J connectivity index is 2.45. The molecule has 1 unspecified atom stereocenters. The van der Waals surface area contributed by atoms with Crippen molar-refractivity contribution in [2.75, 3.05) is 33.4 Å². The van der Waals surface area contributed by atoms with Gasteiger partial charge in [-0.2, -0.15) is 0 Å². The molecule has 7 heteroatoms. The lowest BCUT2D eigenvalue weighted by molar-refractivity contribution is -0.121. The summed E-state index contributed by atoms with van der Waals surface area (Å²) in [6.07, 6.45) is 3.19. The number of amides is 1. The molecule has 0 aromatic heterocycles. The van der Waals surface area contributed by atoms with E-state index in [1.807, 2.05) is 32.9 Å². The molecule has 0 bridgehead atoms. The van der Waals surface area contributed by atoms with Crippen LogP contribution in [-0.2, 0) is 11.2 Å². The van der Waals surface area contributed by atoms with Gasteiger partial charge in [-0.05, 0) is 57.7 Å². The lowest BCUT2D eigenvalue weighted by Crippen LogP contribution is -2.40. The summed E-state index contributed by atoms with van der Waals surface area (Å²) in [5.41, 5.74) is 1.20. The quantitative estimate of drug-likeness (QED) is 0.266. The summed E-state index contributed by atoms with van der Waals surface area (Å²) in [6, 6.07) is 6.25. The van der Waals surface area contributed by atoms with Crippen LogP contribution in [0.25, 0.3) is 0 Å². The fraction of sp³-hybridized carbons (Fsp3) is 0.636. The van der Waals surface area contributed by atoms with Gasteiger partial charge in [0.25, 0.3) is 0 Å². The molecule has 1 aromatic carbocycles. The van der Waals surface area contributed by atoms with E-state index < -0.39 is 0 Å². The largest absolute Gasteiger partial charge is 0.493 e. The van der Waals surface area contributed by atoms with E-state index in [0.717, 1.165) is 43.3 Å². The number of nitrogens with zero attached hydrogens (tertiary/aromatic N) is 1. The molecule has 1 atom stereocenters. The second-order valence-corrected chi connectivity index (χ2v) is 6.84. The Morgan fingerprint density at radius 2 is 1.97 bits per heavy atom. The van der Waals surface area contributed by atoms with Gasteiger partial charge in [-0.15, -0.1) is 0 Å². The molecular formula is C22H38N4O3. The van der Waals surface area contributed by atoms with Crippen molar-refractivity contribution in [2.24, 2.45) is 4.99 Å². The zero-order chi connectivity index (χ0) is 21.5. The zero-order valence-corrected chi connectivity index (χ0v) is 18.6. The third-order valence-corrected chi connectivity index (χ3v) is 4.43. The fourth-order valence-electron chi connectivity index (χ4n) is 2.70.